The number of hydrogen-bond acceptors (Lipinski definition) is 6. The zero-order chi connectivity index (χ0) is 12.0. The summed E-state index contributed by atoms with van der Waals surface area (Å²) < 4.78 is 12.2. The lowest BCUT2D eigenvalue weighted by Crippen LogP contribution is -2.14. The highest BCUT2D eigenvalue weighted by Crippen LogP contribution is 2.52. The number of anilines is 1. The van der Waals surface area contributed by atoms with E-state index in [9.17, 15) is 0 Å². The Morgan fingerprint density at radius 1 is 1.24 bits per heavy atom. The Bertz CT molecular complexity index is 579. The van der Waals surface area contributed by atoms with Gasteiger partial charge in [0, 0.05) is 4.88 Å². The van der Waals surface area contributed by atoms with E-state index < -0.39 is 0 Å². The van der Waals surface area contributed by atoms with Crippen LogP contribution in [0.25, 0.3) is 10.6 Å². The molecule has 0 bridgehead atoms. The summed E-state index contributed by atoms with van der Waals surface area (Å²) in [5.41, 5.74) is 6.62. The molecule has 1 aliphatic rings. The highest BCUT2D eigenvalue weighted by Gasteiger charge is 2.26. The normalized spacial score (nSPS) is 14.0. The summed E-state index contributed by atoms with van der Waals surface area (Å²) in [6.07, 6.45) is 0. The maximum Gasteiger partial charge on any atom is 0.187 e. The van der Waals surface area contributed by atoms with Crippen LogP contribution in [0.2, 0.25) is 0 Å². The van der Waals surface area contributed by atoms with Crippen LogP contribution in [0.1, 0.15) is 4.88 Å². The van der Waals surface area contributed by atoms with Crippen molar-refractivity contribution in [3.63, 3.8) is 0 Å². The van der Waals surface area contributed by atoms with E-state index >= 15 is 0 Å². The van der Waals surface area contributed by atoms with E-state index in [2.05, 4.69) is 20.9 Å². The maximum atomic E-state index is 5.73. The van der Waals surface area contributed by atoms with Gasteiger partial charge in [-0.2, -0.15) is 0 Å². The van der Waals surface area contributed by atoms with E-state index in [-0.39, 0.29) is 0 Å². The maximum absolute atomic E-state index is 5.73. The highest BCUT2D eigenvalue weighted by atomic mass is 79.9. The lowest BCUT2D eigenvalue weighted by molar-refractivity contribution is 0.173. The molecule has 0 aliphatic carbocycles. The molecule has 3 heterocycles. The predicted molar refractivity (Wildman–Crippen MR) is 73.3 cm³/mol. The number of fused-ring (bicyclic) bond motifs is 1. The average Bonchev–Trinajstić information content (AvgIpc) is 2.80. The number of aromatic nitrogens is 1. The topological polar surface area (TPSA) is 57.4 Å². The quantitative estimate of drug-likeness (QED) is 0.870. The lowest BCUT2D eigenvalue weighted by atomic mass is 10.3. The number of nitrogens with zero attached hydrogens (tertiary/aromatic N) is 1. The summed E-state index contributed by atoms with van der Waals surface area (Å²) in [6, 6.07) is 0. The molecule has 90 valence electrons. The zero-order valence-corrected chi connectivity index (χ0v) is 12.2. The van der Waals surface area contributed by atoms with Gasteiger partial charge in [0.25, 0.3) is 0 Å². The molecule has 2 aromatic rings. The third-order valence-corrected chi connectivity index (χ3v) is 4.98. The fourth-order valence-electron chi connectivity index (χ4n) is 1.70. The first-order valence-corrected chi connectivity index (χ1v) is 7.40. The number of thiophene rings is 1. The van der Waals surface area contributed by atoms with Gasteiger partial charge in [0.05, 0.1) is 0 Å². The molecule has 0 aromatic carbocycles. The molecule has 0 saturated carbocycles. The molecule has 3 rings (SSSR count). The molecule has 0 amide bonds. The minimum Gasteiger partial charge on any atom is -0.484 e. The Labute approximate surface area is 115 Å². The fourth-order valence-corrected chi connectivity index (χ4v) is 4.20. The van der Waals surface area contributed by atoms with Crippen LogP contribution in [0, 0.1) is 6.92 Å². The van der Waals surface area contributed by atoms with Crippen LogP contribution in [-0.4, -0.2) is 18.2 Å². The predicted octanol–water partition coefficient (Wildman–Crippen LogP) is 3.30. The number of ether oxygens (including phenoxy) is 2. The summed E-state index contributed by atoms with van der Waals surface area (Å²) in [5.74, 6) is 1.56. The van der Waals surface area contributed by atoms with Crippen molar-refractivity contribution in [2.75, 3.05) is 18.9 Å². The van der Waals surface area contributed by atoms with Gasteiger partial charge in [-0.25, -0.2) is 4.98 Å². The van der Waals surface area contributed by atoms with Crippen LogP contribution in [0.4, 0.5) is 5.13 Å². The number of nitrogen functional groups attached to an aromatic ring is 1. The van der Waals surface area contributed by atoms with Crippen molar-refractivity contribution in [1.82, 2.24) is 4.98 Å². The van der Waals surface area contributed by atoms with Crippen molar-refractivity contribution in [2.45, 2.75) is 6.92 Å². The second-order valence-electron chi connectivity index (χ2n) is 3.52. The lowest BCUT2D eigenvalue weighted by Gasteiger charge is -2.16. The van der Waals surface area contributed by atoms with Gasteiger partial charge in [-0.05, 0) is 22.9 Å². The molecule has 0 unspecified atom stereocenters. The van der Waals surface area contributed by atoms with Crippen LogP contribution in [0.5, 0.6) is 11.5 Å². The molecule has 7 heteroatoms. The van der Waals surface area contributed by atoms with E-state index in [0.717, 1.165) is 30.7 Å². The molecule has 2 N–H and O–H groups in total. The van der Waals surface area contributed by atoms with Gasteiger partial charge >= 0.3 is 0 Å². The average molecular weight is 333 g/mol. The standard InChI is InChI=1S/C10H9BrN2O2S2/c1-4-5(13-10(12)16-4)8-6-7(9(11)17-8)15-3-2-14-6/h2-3H2,1H3,(H2,12,13). The first-order valence-electron chi connectivity index (χ1n) is 4.98. The second kappa shape index (κ2) is 4.15. The molecule has 0 saturated heterocycles. The summed E-state index contributed by atoms with van der Waals surface area (Å²) >= 11 is 6.54. The third kappa shape index (κ3) is 1.82. The number of hydrogen-bond donors (Lipinski definition) is 1. The van der Waals surface area contributed by atoms with E-state index in [0.29, 0.717) is 18.3 Å². The van der Waals surface area contributed by atoms with E-state index in [4.69, 9.17) is 15.2 Å². The van der Waals surface area contributed by atoms with Crippen LogP contribution < -0.4 is 15.2 Å². The molecule has 0 spiro atoms. The van der Waals surface area contributed by atoms with E-state index in [1.54, 1.807) is 11.3 Å². The van der Waals surface area contributed by atoms with Gasteiger partial charge in [0.1, 0.15) is 27.6 Å². The molecule has 0 fully saturated rings. The van der Waals surface area contributed by atoms with Crippen molar-refractivity contribution in [3.05, 3.63) is 8.66 Å². The minimum atomic E-state index is 0.571. The first-order chi connectivity index (χ1) is 8.16. The van der Waals surface area contributed by atoms with Crippen molar-refractivity contribution in [1.29, 1.82) is 0 Å². The van der Waals surface area contributed by atoms with Gasteiger partial charge in [0.2, 0.25) is 0 Å². The van der Waals surface area contributed by atoms with Crippen LogP contribution in [0.15, 0.2) is 3.79 Å². The van der Waals surface area contributed by atoms with Gasteiger partial charge in [-0.15, -0.1) is 22.7 Å². The Balaban J connectivity index is 2.18. The molecule has 0 radical (unpaired) electrons. The number of rotatable bonds is 1. The molecule has 17 heavy (non-hydrogen) atoms. The first kappa shape index (κ1) is 11.3. The van der Waals surface area contributed by atoms with Crippen molar-refractivity contribution in [3.8, 4) is 22.1 Å². The van der Waals surface area contributed by atoms with Crippen molar-refractivity contribution < 1.29 is 9.47 Å². The summed E-state index contributed by atoms with van der Waals surface area (Å²) in [5, 5.41) is 0.576. The van der Waals surface area contributed by atoms with Crippen molar-refractivity contribution >= 4 is 43.7 Å². The Morgan fingerprint density at radius 2 is 1.94 bits per heavy atom. The summed E-state index contributed by atoms with van der Waals surface area (Å²) in [7, 11) is 0. The molecule has 1 aliphatic heterocycles. The van der Waals surface area contributed by atoms with E-state index in [1.807, 2.05) is 6.92 Å². The third-order valence-electron chi connectivity index (χ3n) is 2.39. The largest absolute Gasteiger partial charge is 0.484 e. The van der Waals surface area contributed by atoms with Crippen molar-refractivity contribution in [2.24, 2.45) is 0 Å². The second-order valence-corrected chi connectivity index (χ2v) is 7.09. The zero-order valence-electron chi connectivity index (χ0n) is 8.95. The van der Waals surface area contributed by atoms with Gasteiger partial charge < -0.3 is 15.2 Å². The van der Waals surface area contributed by atoms with Crippen LogP contribution >= 0.6 is 38.6 Å². The molecular weight excluding hydrogens is 324 g/mol. The monoisotopic (exact) mass is 332 g/mol. The smallest absolute Gasteiger partial charge is 0.187 e. The summed E-state index contributed by atoms with van der Waals surface area (Å²) in [6.45, 7) is 3.16. The highest BCUT2D eigenvalue weighted by molar-refractivity contribution is 9.11. The number of thiazole rings is 1. The Kier molecular flexibility index (Phi) is 2.76. The number of nitrogens with two attached hydrogens (primary N) is 1. The molecular formula is C10H9BrN2O2S2. The molecule has 4 nitrogen and oxygen atoms in total. The van der Waals surface area contributed by atoms with Crippen LogP contribution in [-0.2, 0) is 0 Å². The number of aryl methyl sites for hydroxylation is 1. The SMILES string of the molecule is Cc1sc(N)nc1-c1sc(Br)c2c1OCCO2. The van der Waals surface area contributed by atoms with Crippen LogP contribution in [0.3, 0.4) is 0 Å². The van der Waals surface area contributed by atoms with Gasteiger partial charge in [0.15, 0.2) is 16.6 Å². The van der Waals surface area contributed by atoms with Gasteiger partial charge in [-0.1, -0.05) is 0 Å². The fraction of sp³-hybridized carbons (Fsp3) is 0.300. The Hall–Kier alpha value is -0.790. The molecule has 2 aromatic heterocycles. The number of halogens is 1. The Morgan fingerprint density at radius 3 is 2.59 bits per heavy atom. The van der Waals surface area contributed by atoms with E-state index in [1.165, 1.54) is 11.3 Å². The van der Waals surface area contributed by atoms with Gasteiger partial charge in [-0.3, -0.25) is 0 Å². The molecule has 0 atom stereocenters. The minimum absolute atomic E-state index is 0.571. The summed E-state index contributed by atoms with van der Waals surface area (Å²) in [4.78, 5) is 6.43.